The molecule has 2 aliphatic heterocycles. The summed E-state index contributed by atoms with van der Waals surface area (Å²) in [6.07, 6.45) is 2.78. The number of hydrogen-bond acceptors (Lipinski definition) is 3. The summed E-state index contributed by atoms with van der Waals surface area (Å²) in [6, 6.07) is 6.77. The van der Waals surface area contributed by atoms with Crippen LogP contribution in [0.15, 0.2) is 18.2 Å². The summed E-state index contributed by atoms with van der Waals surface area (Å²) >= 11 is 0. The summed E-state index contributed by atoms with van der Waals surface area (Å²) in [6.45, 7) is 3.76. The Kier molecular flexibility index (Phi) is 3.66. The van der Waals surface area contributed by atoms with E-state index in [1.807, 2.05) is 11.9 Å². The first kappa shape index (κ1) is 13.4. The normalized spacial score (nSPS) is 25.5. The molecule has 1 fully saturated rings. The lowest BCUT2D eigenvalue weighted by Crippen LogP contribution is -2.48. The largest absolute Gasteiger partial charge is 0.488 e. The fourth-order valence-corrected chi connectivity index (χ4v) is 3.04. The molecule has 2 unspecified atom stereocenters. The van der Waals surface area contributed by atoms with Gasteiger partial charge in [-0.2, -0.15) is 0 Å². The van der Waals surface area contributed by atoms with E-state index in [-0.39, 0.29) is 12.0 Å². The molecule has 2 atom stereocenters. The molecule has 0 saturated carbocycles. The van der Waals surface area contributed by atoms with Crippen molar-refractivity contribution < 1.29 is 9.53 Å². The SMILES string of the molecule is Cc1ccc2c(c1)CC(CNC1CCC(=O)N(C)C1)O2. The van der Waals surface area contributed by atoms with Crippen molar-refractivity contribution in [1.29, 1.82) is 0 Å². The molecule has 1 aromatic carbocycles. The van der Waals surface area contributed by atoms with E-state index >= 15 is 0 Å². The molecular formula is C16H22N2O2. The first-order chi connectivity index (χ1) is 9.61. The predicted octanol–water partition coefficient (Wildman–Crippen LogP) is 1.51. The molecule has 4 heteroatoms. The van der Waals surface area contributed by atoms with Crippen LogP contribution in [0.5, 0.6) is 5.75 Å². The van der Waals surface area contributed by atoms with Gasteiger partial charge >= 0.3 is 0 Å². The van der Waals surface area contributed by atoms with Crippen LogP contribution in [0.1, 0.15) is 24.0 Å². The van der Waals surface area contributed by atoms with Crippen LogP contribution in [-0.4, -0.2) is 43.1 Å². The predicted molar refractivity (Wildman–Crippen MR) is 78.0 cm³/mol. The summed E-state index contributed by atoms with van der Waals surface area (Å²) < 4.78 is 5.96. The summed E-state index contributed by atoms with van der Waals surface area (Å²) in [5.41, 5.74) is 2.60. The third-order valence-electron chi connectivity index (χ3n) is 4.22. The summed E-state index contributed by atoms with van der Waals surface area (Å²) in [5.74, 6) is 1.28. The average Bonchev–Trinajstić information content (AvgIpc) is 2.82. The van der Waals surface area contributed by atoms with Crippen LogP contribution in [0.2, 0.25) is 0 Å². The number of amides is 1. The minimum atomic E-state index is 0.217. The standard InChI is InChI=1S/C16H22N2O2/c1-11-3-5-15-12(7-11)8-14(20-15)9-17-13-4-6-16(19)18(2)10-13/h3,5,7,13-14,17H,4,6,8-10H2,1-2H3. The zero-order valence-electron chi connectivity index (χ0n) is 12.2. The van der Waals surface area contributed by atoms with Crippen LogP contribution in [0.3, 0.4) is 0 Å². The number of carbonyl (C=O) groups is 1. The number of rotatable bonds is 3. The van der Waals surface area contributed by atoms with Crippen molar-refractivity contribution in [3.8, 4) is 5.75 Å². The van der Waals surface area contributed by atoms with Crippen LogP contribution in [0.4, 0.5) is 0 Å². The van der Waals surface area contributed by atoms with Gasteiger partial charge in [-0.25, -0.2) is 0 Å². The highest BCUT2D eigenvalue weighted by atomic mass is 16.5. The van der Waals surface area contributed by atoms with Gasteiger partial charge in [0.1, 0.15) is 11.9 Å². The van der Waals surface area contributed by atoms with Gasteiger partial charge in [-0.05, 0) is 25.0 Å². The Hall–Kier alpha value is -1.55. The Bertz CT molecular complexity index is 515. The minimum Gasteiger partial charge on any atom is -0.488 e. The monoisotopic (exact) mass is 274 g/mol. The molecule has 0 bridgehead atoms. The van der Waals surface area contributed by atoms with Crippen LogP contribution in [-0.2, 0) is 11.2 Å². The van der Waals surface area contributed by atoms with Crippen LogP contribution >= 0.6 is 0 Å². The number of nitrogens with one attached hydrogen (secondary N) is 1. The van der Waals surface area contributed by atoms with Gasteiger partial charge in [0.25, 0.3) is 0 Å². The van der Waals surface area contributed by atoms with E-state index in [2.05, 4.69) is 30.4 Å². The van der Waals surface area contributed by atoms with Crippen molar-refractivity contribution in [1.82, 2.24) is 10.2 Å². The Morgan fingerprint density at radius 1 is 1.45 bits per heavy atom. The molecule has 2 heterocycles. The van der Waals surface area contributed by atoms with Gasteiger partial charge in [-0.1, -0.05) is 17.7 Å². The maximum atomic E-state index is 11.5. The molecule has 2 aliphatic rings. The third-order valence-corrected chi connectivity index (χ3v) is 4.22. The summed E-state index contributed by atoms with van der Waals surface area (Å²) in [7, 11) is 1.88. The molecule has 1 N–H and O–H groups in total. The van der Waals surface area contributed by atoms with Crippen LogP contribution in [0.25, 0.3) is 0 Å². The number of ether oxygens (including phenoxy) is 1. The molecule has 3 rings (SSSR count). The van der Waals surface area contributed by atoms with E-state index in [0.29, 0.717) is 12.5 Å². The lowest BCUT2D eigenvalue weighted by Gasteiger charge is -2.30. The van der Waals surface area contributed by atoms with E-state index in [1.165, 1.54) is 11.1 Å². The second kappa shape index (κ2) is 5.44. The van der Waals surface area contributed by atoms with Crippen molar-refractivity contribution in [3.63, 3.8) is 0 Å². The Morgan fingerprint density at radius 2 is 2.30 bits per heavy atom. The number of hydrogen-bond donors (Lipinski definition) is 1. The average molecular weight is 274 g/mol. The van der Waals surface area contributed by atoms with Crippen molar-refractivity contribution in [2.45, 2.75) is 38.3 Å². The van der Waals surface area contributed by atoms with Gasteiger partial charge in [0, 0.05) is 39.0 Å². The van der Waals surface area contributed by atoms with Crippen molar-refractivity contribution in [2.75, 3.05) is 20.1 Å². The molecule has 0 aliphatic carbocycles. The van der Waals surface area contributed by atoms with Gasteiger partial charge in [0.05, 0.1) is 0 Å². The van der Waals surface area contributed by atoms with Crippen LogP contribution < -0.4 is 10.1 Å². The second-order valence-corrected chi connectivity index (χ2v) is 5.97. The highest BCUT2D eigenvalue weighted by Gasteiger charge is 2.26. The highest BCUT2D eigenvalue weighted by molar-refractivity contribution is 5.76. The maximum absolute atomic E-state index is 11.5. The van der Waals surface area contributed by atoms with Crippen molar-refractivity contribution >= 4 is 5.91 Å². The molecule has 0 spiro atoms. The topological polar surface area (TPSA) is 41.6 Å². The van der Waals surface area contributed by atoms with Gasteiger partial charge < -0.3 is 15.0 Å². The molecule has 20 heavy (non-hydrogen) atoms. The smallest absolute Gasteiger partial charge is 0.222 e. The molecule has 1 saturated heterocycles. The number of fused-ring (bicyclic) bond motifs is 1. The number of piperidine rings is 1. The zero-order chi connectivity index (χ0) is 14.1. The van der Waals surface area contributed by atoms with Crippen molar-refractivity contribution in [2.24, 2.45) is 0 Å². The Balaban J connectivity index is 1.50. The number of benzene rings is 1. The van der Waals surface area contributed by atoms with E-state index in [0.717, 1.165) is 31.7 Å². The minimum absolute atomic E-state index is 0.217. The number of aryl methyl sites for hydroxylation is 1. The second-order valence-electron chi connectivity index (χ2n) is 5.97. The maximum Gasteiger partial charge on any atom is 0.222 e. The van der Waals surface area contributed by atoms with E-state index < -0.39 is 0 Å². The fraction of sp³-hybridized carbons (Fsp3) is 0.562. The molecular weight excluding hydrogens is 252 g/mol. The fourth-order valence-electron chi connectivity index (χ4n) is 3.04. The molecule has 1 amide bonds. The number of likely N-dealkylation sites (N-methyl/N-ethyl adjacent to an activating group) is 1. The molecule has 108 valence electrons. The molecule has 0 aromatic heterocycles. The highest BCUT2D eigenvalue weighted by Crippen LogP contribution is 2.29. The molecule has 1 aromatic rings. The summed E-state index contributed by atoms with van der Waals surface area (Å²) in [4.78, 5) is 13.3. The number of likely N-dealkylation sites (tertiary alicyclic amines) is 1. The van der Waals surface area contributed by atoms with Gasteiger partial charge in [0.2, 0.25) is 5.91 Å². The van der Waals surface area contributed by atoms with Gasteiger partial charge in [-0.3, -0.25) is 4.79 Å². The van der Waals surface area contributed by atoms with Crippen LogP contribution in [0, 0.1) is 6.92 Å². The van der Waals surface area contributed by atoms with Gasteiger partial charge in [0.15, 0.2) is 0 Å². The molecule has 4 nitrogen and oxygen atoms in total. The lowest BCUT2D eigenvalue weighted by molar-refractivity contribution is -0.132. The Labute approximate surface area is 120 Å². The Morgan fingerprint density at radius 3 is 3.10 bits per heavy atom. The van der Waals surface area contributed by atoms with Gasteiger partial charge in [-0.15, -0.1) is 0 Å². The number of carbonyl (C=O) groups excluding carboxylic acids is 1. The first-order valence-corrected chi connectivity index (χ1v) is 7.35. The van der Waals surface area contributed by atoms with E-state index in [9.17, 15) is 4.79 Å². The first-order valence-electron chi connectivity index (χ1n) is 7.35. The lowest BCUT2D eigenvalue weighted by atomic mass is 10.0. The van der Waals surface area contributed by atoms with Crippen molar-refractivity contribution in [3.05, 3.63) is 29.3 Å². The van der Waals surface area contributed by atoms with E-state index in [1.54, 1.807) is 0 Å². The quantitative estimate of drug-likeness (QED) is 0.908. The zero-order valence-corrected chi connectivity index (χ0v) is 12.2. The molecule has 0 radical (unpaired) electrons. The number of nitrogens with zero attached hydrogens (tertiary/aromatic N) is 1. The third kappa shape index (κ3) is 2.80. The van der Waals surface area contributed by atoms with E-state index in [4.69, 9.17) is 4.74 Å². The summed E-state index contributed by atoms with van der Waals surface area (Å²) in [5, 5.41) is 3.55.